The zero-order valence-electron chi connectivity index (χ0n) is 13.5. The third kappa shape index (κ3) is 4.85. The molecule has 1 aromatic rings. The molecule has 1 aromatic carbocycles. The summed E-state index contributed by atoms with van der Waals surface area (Å²) >= 11 is 0. The molecule has 0 aliphatic heterocycles. The number of esters is 1. The van der Waals surface area contributed by atoms with Crippen molar-refractivity contribution in [1.82, 2.24) is 0 Å². The van der Waals surface area contributed by atoms with Crippen molar-refractivity contribution in [2.45, 2.75) is 27.7 Å². The molecule has 1 N–H and O–H groups in total. The minimum absolute atomic E-state index is 0.244. The summed E-state index contributed by atoms with van der Waals surface area (Å²) in [5.41, 5.74) is 0.276. The van der Waals surface area contributed by atoms with E-state index in [-0.39, 0.29) is 5.97 Å². The number of carbonyl (C=O) groups excluding carboxylic acids is 1. The Morgan fingerprint density at radius 1 is 1.14 bits per heavy atom. The number of methoxy groups -OCH3 is 1. The molecule has 0 unspecified atom stereocenters. The van der Waals surface area contributed by atoms with E-state index in [2.05, 4.69) is 5.32 Å². The first-order valence-electron chi connectivity index (χ1n) is 7.16. The van der Waals surface area contributed by atoms with Crippen LogP contribution in [-0.2, 0) is 9.53 Å². The van der Waals surface area contributed by atoms with Crippen LogP contribution in [0, 0.1) is 5.41 Å². The summed E-state index contributed by atoms with van der Waals surface area (Å²) in [6.45, 7) is 9.16. The van der Waals surface area contributed by atoms with Crippen molar-refractivity contribution in [1.29, 1.82) is 0 Å². The summed E-state index contributed by atoms with van der Waals surface area (Å²) in [7, 11) is 1.40. The van der Waals surface area contributed by atoms with Crippen LogP contribution in [0.15, 0.2) is 18.2 Å². The second-order valence-electron chi connectivity index (χ2n) is 5.26. The summed E-state index contributed by atoms with van der Waals surface area (Å²) in [5.74, 6) is 1.17. The molecule has 0 aliphatic rings. The molecule has 0 amide bonds. The van der Waals surface area contributed by atoms with Gasteiger partial charge in [0.15, 0.2) is 11.5 Å². The highest BCUT2D eigenvalue weighted by Gasteiger charge is 2.28. The van der Waals surface area contributed by atoms with Crippen LogP contribution in [0.3, 0.4) is 0 Å². The molecule has 0 fully saturated rings. The predicted octanol–water partition coefficient (Wildman–Crippen LogP) is 3.10. The van der Waals surface area contributed by atoms with Crippen molar-refractivity contribution < 1.29 is 19.0 Å². The number of anilines is 1. The van der Waals surface area contributed by atoms with Gasteiger partial charge in [0.05, 0.1) is 25.7 Å². The van der Waals surface area contributed by atoms with Crippen LogP contribution in [0.25, 0.3) is 0 Å². The second-order valence-corrected chi connectivity index (χ2v) is 5.26. The highest BCUT2D eigenvalue weighted by molar-refractivity contribution is 5.76. The highest BCUT2D eigenvalue weighted by Crippen LogP contribution is 2.31. The minimum atomic E-state index is -0.598. The zero-order chi connectivity index (χ0) is 15.9. The van der Waals surface area contributed by atoms with Crippen molar-refractivity contribution in [3.05, 3.63) is 18.2 Å². The molecule has 5 nitrogen and oxygen atoms in total. The van der Waals surface area contributed by atoms with Crippen molar-refractivity contribution >= 4 is 11.7 Å². The lowest BCUT2D eigenvalue weighted by atomic mass is 9.93. The van der Waals surface area contributed by atoms with E-state index in [9.17, 15) is 4.79 Å². The molecule has 0 atom stereocenters. The maximum Gasteiger partial charge on any atom is 0.313 e. The van der Waals surface area contributed by atoms with Gasteiger partial charge in [-0.05, 0) is 39.8 Å². The Bertz CT molecular complexity index is 471. The quantitative estimate of drug-likeness (QED) is 0.747. The molecule has 0 bridgehead atoms. The molecule has 0 radical (unpaired) electrons. The Morgan fingerprint density at radius 3 is 2.33 bits per heavy atom. The molecule has 21 heavy (non-hydrogen) atoms. The second kappa shape index (κ2) is 7.76. The van der Waals surface area contributed by atoms with E-state index < -0.39 is 5.41 Å². The van der Waals surface area contributed by atoms with Gasteiger partial charge in [-0.1, -0.05) is 0 Å². The van der Waals surface area contributed by atoms with Gasteiger partial charge in [0.2, 0.25) is 0 Å². The zero-order valence-corrected chi connectivity index (χ0v) is 13.5. The Balaban J connectivity index is 2.80. The Kier molecular flexibility index (Phi) is 6.34. The van der Waals surface area contributed by atoms with E-state index in [4.69, 9.17) is 14.2 Å². The summed E-state index contributed by atoms with van der Waals surface area (Å²) < 4.78 is 15.9. The van der Waals surface area contributed by atoms with Crippen LogP contribution in [-0.4, -0.2) is 32.8 Å². The highest BCUT2D eigenvalue weighted by atomic mass is 16.5. The number of ether oxygens (including phenoxy) is 3. The van der Waals surface area contributed by atoms with Gasteiger partial charge < -0.3 is 19.5 Å². The topological polar surface area (TPSA) is 56.8 Å². The van der Waals surface area contributed by atoms with Gasteiger partial charge in [0.1, 0.15) is 0 Å². The van der Waals surface area contributed by atoms with Gasteiger partial charge in [0, 0.05) is 18.3 Å². The number of hydrogen-bond donors (Lipinski definition) is 1. The molecule has 118 valence electrons. The van der Waals surface area contributed by atoms with E-state index in [1.54, 1.807) is 0 Å². The fourth-order valence-electron chi connectivity index (χ4n) is 1.83. The van der Waals surface area contributed by atoms with Crippen molar-refractivity contribution in [3.8, 4) is 11.5 Å². The Labute approximate surface area is 126 Å². The van der Waals surface area contributed by atoms with Gasteiger partial charge in [-0.25, -0.2) is 0 Å². The SMILES string of the molecule is CCOc1ccc(NCC(C)(C)C(=O)OC)cc1OCC. The molecule has 0 spiro atoms. The first-order valence-corrected chi connectivity index (χ1v) is 7.16. The fraction of sp³-hybridized carbons (Fsp3) is 0.562. The first kappa shape index (κ1) is 17.1. The molecular weight excluding hydrogens is 270 g/mol. The van der Waals surface area contributed by atoms with E-state index in [1.165, 1.54) is 7.11 Å². The van der Waals surface area contributed by atoms with Crippen LogP contribution < -0.4 is 14.8 Å². The fourth-order valence-corrected chi connectivity index (χ4v) is 1.83. The van der Waals surface area contributed by atoms with Gasteiger partial charge in [-0.15, -0.1) is 0 Å². The molecule has 0 heterocycles. The summed E-state index contributed by atoms with van der Waals surface area (Å²) in [5, 5.41) is 3.23. The number of carbonyl (C=O) groups is 1. The Hall–Kier alpha value is -1.91. The molecular formula is C16H25NO4. The van der Waals surface area contributed by atoms with Crippen LogP contribution in [0.2, 0.25) is 0 Å². The normalized spacial score (nSPS) is 10.9. The largest absolute Gasteiger partial charge is 0.490 e. The molecule has 0 aliphatic carbocycles. The maximum atomic E-state index is 11.7. The molecule has 0 saturated heterocycles. The van der Waals surface area contributed by atoms with Crippen LogP contribution >= 0.6 is 0 Å². The number of benzene rings is 1. The average molecular weight is 295 g/mol. The average Bonchev–Trinajstić information content (AvgIpc) is 2.47. The van der Waals surface area contributed by atoms with Gasteiger partial charge in [0.25, 0.3) is 0 Å². The van der Waals surface area contributed by atoms with E-state index >= 15 is 0 Å². The predicted molar refractivity (Wildman–Crippen MR) is 83.1 cm³/mol. The van der Waals surface area contributed by atoms with Crippen LogP contribution in [0.5, 0.6) is 11.5 Å². The van der Waals surface area contributed by atoms with Gasteiger partial charge in [-0.2, -0.15) is 0 Å². The summed E-state index contributed by atoms with van der Waals surface area (Å²) in [6.07, 6.45) is 0. The monoisotopic (exact) mass is 295 g/mol. The standard InChI is InChI=1S/C16H25NO4/c1-6-20-13-9-8-12(10-14(13)21-7-2)17-11-16(3,4)15(18)19-5/h8-10,17H,6-7,11H2,1-5H3. The van der Waals surface area contributed by atoms with Crippen molar-refractivity contribution in [3.63, 3.8) is 0 Å². The third-order valence-corrected chi connectivity index (χ3v) is 3.02. The smallest absolute Gasteiger partial charge is 0.313 e. The molecule has 0 saturated carbocycles. The van der Waals surface area contributed by atoms with Gasteiger partial charge in [-0.3, -0.25) is 4.79 Å². The van der Waals surface area contributed by atoms with E-state index in [0.29, 0.717) is 25.5 Å². The minimum Gasteiger partial charge on any atom is -0.490 e. The molecule has 5 heteroatoms. The number of hydrogen-bond acceptors (Lipinski definition) is 5. The molecule has 0 aromatic heterocycles. The lowest BCUT2D eigenvalue weighted by Crippen LogP contribution is -2.33. The van der Waals surface area contributed by atoms with Crippen molar-refractivity contribution in [2.24, 2.45) is 5.41 Å². The van der Waals surface area contributed by atoms with Gasteiger partial charge >= 0.3 is 5.97 Å². The first-order chi connectivity index (χ1) is 9.94. The number of nitrogens with one attached hydrogen (secondary N) is 1. The third-order valence-electron chi connectivity index (χ3n) is 3.02. The van der Waals surface area contributed by atoms with E-state index in [1.807, 2.05) is 45.9 Å². The Morgan fingerprint density at radius 2 is 1.76 bits per heavy atom. The van der Waals surface area contributed by atoms with E-state index in [0.717, 1.165) is 11.4 Å². The van der Waals surface area contributed by atoms with Crippen LogP contribution in [0.4, 0.5) is 5.69 Å². The van der Waals surface area contributed by atoms with Crippen molar-refractivity contribution in [2.75, 3.05) is 32.2 Å². The molecule has 1 rings (SSSR count). The summed E-state index contributed by atoms with van der Waals surface area (Å²) in [6, 6.07) is 5.64. The lowest BCUT2D eigenvalue weighted by molar-refractivity contribution is -0.149. The maximum absolute atomic E-state index is 11.7. The lowest BCUT2D eigenvalue weighted by Gasteiger charge is -2.22. The van der Waals surface area contributed by atoms with Crippen LogP contribution in [0.1, 0.15) is 27.7 Å². The number of rotatable bonds is 8. The summed E-state index contributed by atoms with van der Waals surface area (Å²) in [4.78, 5) is 11.7.